The van der Waals surface area contributed by atoms with Gasteiger partial charge in [0.15, 0.2) is 0 Å². The first-order valence-corrected chi connectivity index (χ1v) is 8.71. The van der Waals surface area contributed by atoms with Gasteiger partial charge in [0, 0.05) is 10.4 Å². The van der Waals surface area contributed by atoms with Gasteiger partial charge in [-0.1, -0.05) is 54.1 Å². The number of nitrogens with one attached hydrogen (secondary N) is 1. The molecule has 4 heteroatoms. The molecule has 1 aliphatic rings. The Morgan fingerprint density at radius 2 is 1.79 bits per heavy atom. The normalized spacial score (nSPS) is 17.8. The smallest absolute Gasteiger partial charge is 0.0797 e. The van der Waals surface area contributed by atoms with Crippen molar-refractivity contribution in [2.45, 2.75) is 31.3 Å². The molecule has 2 nitrogen and oxygen atoms in total. The monoisotopic (exact) mass is 365 g/mol. The molecule has 1 heterocycles. The lowest BCUT2D eigenvalue weighted by Gasteiger charge is -2.39. The Balaban J connectivity index is 0.00000208. The summed E-state index contributed by atoms with van der Waals surface area (Å²) in [6, 6.07) is 18.7. The van der Waals surface area contributed by atoms with Crippen LogP contribution in [0.5, 0.6) is 0 Å². The van der Waals surface area contributed by atoms with E-state index < -0.39 is 0 Å². The van der Waals surface area contributed by atoms with E-state index in [4.69, 9.17) is 16.3 Å². The van der Waals surface area contributed by atoms with E-state index in [9.17, 15) is 0 Å². The summed E-state index contributed by atoms with van der Waals surface area (Å²) >= 11 is 6.23. The molecule has 0 aliphatic carbocycles. The van der Waals surface area contributed by atoms with E-state index in [-0.39, 0.29) is 23.9 Å². The Labute approximate surface area is 156 Å². The highest BCUT2D eigenvalue weighted by molar-refractivity contribution is 6.30. The summed E-state index contributed by atoms with van der Waals surface area (Å²) in [6.45, 7) is 4.90. The third-order valence-corrected chi connectivity index (χ3v) is 5.11. The van der Waals surface area contributed by atoms with Crippen LogP contribution in [-0.2, 0) is 10.2 Å². The van der Waals surface area contributed by atoms with E-state index in [0.29, 0.717) is 0 Å². The molecule has 0 amide bonds. The molecule has 1 N–H and O–H groups in total. The zero-order valence-corrected chi connectivity index (χ0v) is 15.6. The van der Waals surface area contributed by atoms with Crippen LogP contribution < -0.4 is 5.32 Å². The van der Waals surface area contributed by atoms with Crippen LogP contribution in [0.4, 0.5) is 0 Å². The van der Waals surface area contributed by atoms with E-state index in [1.165, 1.54) is 11.1 Å². The number of benzene rings is 2. The first-order chi connectivity index (χ1) is 11.2. The molecule has 0 spiro atoms. The van der Waals surface area contributed by atoms with Gasteiger partial charge in [-0.05, 0) is 56.1 Å². The lowest BCUT2D eigenvalue weighted by molar-refractivity contribution is 0.0166. The van der Waals surface area contributed by atoms with Gasteiger partial charge >= 0.3 is 0 Å². The summed E-state index contributed by atoms with van der Waals surface area (Å²) in [5.74, 6) is 0. The topological polar surface area (TPSA) is 21.3 Å². The van der Waals surface area contributed by atoms with Gasteiger partial charge in [-0.2, -0.15) is 0 Å². The lowest BCUT2D eigenvalue weighted by Crippen LogP contribution is -2.43. The summed E-state index contributed by atoms with van der Waals surface area (Å²) in [6.07, 6.45) is 2.26. The third kappa shape index (κ3) is 4.52. The predicted molar refractivity (Wildman–Crippen MR) is 103 cm³/mol. The molecule has 0 saturated carbocycles. The first-order valence-electron chi connectivity index (χ1n) is 8.33. The molecule has 2 aromatic rings. The van der Waals surface area contributed by atoms with Crippen molar-refractivity contribution in [1.29, 1.82) is 0 Å². The van der Waals surface area contributed by atoms with Crippen molar-refractivity contribution in [2.75, 3.05) is 19.7 Å². The molecule has 0 aromatic heterocycles. The van der Waals surface area contributed by atoms with Crippen LogP contribution in [-0.4, -0.2) is 19.7 Å². The minimum atomic E-state index is 0. The summed E-state index contributed by atoms with van der Waals surface area (Å²) in [4.78, 5) is 0. The predicted octanol–water partition coefficient (Wildman–Crippen LogP) is 5.16. The average molecular weight is 366 g/mol. The average Bonchev–Trinajstić information content (AvgIpc) is 2.61. The fourth-order valence-corrected chi connectivity index (χ4v) is 3.54. The number of rotatable bonds is 5. The second-order valence-electron chi connectivity index (χ2n) is 6.40. The van der Waals surface area contributed by atoms with Crippen molar-refractivity contribution in [1.82, 2.24) is 5.32 Å². The standard InChI is InChI=1S/C20H24ClNO.ClH/c1-16(17-6-3-2-4-7-17)23-15-20(10-12-22-13-11-20)18-8-5-9-19(21)14-18;/h2-9,14,16,22H,10-13,15H2,1H3;1H. The van der Waals surface area contributed by atoms with Crippen LogP contribution in [0.15, 0.2) is 54.6 Å². The Bertz CT molecular complexity index is 627. The second kappa shape index (κ2) is 8.87. The zero-order chi connectivity index (χ0) is 16.1. The maximum absolute atomic E-state index is 6.29. The molecule has 3 rings (SSSR count). The highest BCUT2D eigenvalue weighted by Crippen LogP contribution is 2.36. The van der Waals surface area contributed by atoms with Gasteiger partial charge in [-0.3, -0.25) is 0 Å². The van der Waals surface area contributed by atoms with Crippen molar-refractivity contribution >= 4 is 24.0 Å². The van der Waals surface area contributed by atoms with E-state index in [1.54, 1.807) is 0 Å². The van der Waals surface area contributed by atoms with Crippen LogP contribution in [0.1, 0.15) is 37.0 Å². The van der Waals surface area contributed by atoms with Crippen molar-refractivity contribution in [3.8, 4) is 0 Å². The highest BCUT2D eigenvalue weighted by atomic mass is 35.5. The van der Waals surface area contributed by atoms with Gasteiger partial charge < -0.3 is 10.1 Å². The van der Waals surface area contributed by atoms with Crippen molar-refractivity contribution < 1.29 is 4.74 Å². The molecule has 0 radical (unpaired) electrons. The van der Waals surface area contributed by atoms with Crippen LogP contribution in [0, 0.1) is 0 Å². The van der Waals surface area contributed by atoms with E-state index in [0.717, 1.165) is 37.6 Å². The van der Waals surface area contributed by atoms with Crippen LogP contribution in [0.25, 0.3) is 0 Å². The summed E-state index contributed by atoms with van der Waals surface area (Å²) in [7, 11) is 0. The van der Waals surface area contributed by atoms with Crippen LogP contribution in [0.2, 0.25) is 5.02 Å². The maximum atomic E-state index is 6.29. The van der Waals surface area contributed by atoms with Gasteiger partial charge in [-0.15, -0.1) is 12.4 Å². The number of hydrogen-bond acceptors (Lipinski definition) is 2. The zero-order valence-electron chi connectivity index (χ0n) is 14.0. The van der Waals surface area contributed by atoms with Gasteiger partial charge in [0.1, 0.15) is 0 Å². The maximum Gasteiger partial charge on any atom is 0.0797 e. The fraction of sp³-hybridized carbons (Fsp3) is 0.400. The largest absolute Gasteiger partial charge is 0.373 e. The van der Waals surface area contributed by atoms with Crippen molar-refractivity contribution in [2.24, 2.45) is 0 Å². The van der Waals surface area contributed by atoms with Crippen LogP contribution >= 0.6 is 24.0 Å². The van der Waals surface area contributed by atoms with Crippen molar-refractivity contribution in [3.63, 3.8) is 0 Å². The Morgan fingerprint density at radius 3 is 2.46 bits per heavy atom. The van der Waals surface area contributed by atoms with Gasteiger partial charge in [0.25, 0.3) is 0 Å². The van der Waals surface area contributed by atoms with Gasteiger partial charge in [0.05, 0.1) is 12.7 Å². The van der Waals surface area contributed by atoms with Crippen LogP contribution in [0.3, 0.4) is 0 Å². The molecule has 130 valence electrons. The summed E-state index contributed by atoms with van der Waals surface area (Å²) in [5, 5.41) is 4.26. The Morgan fingerprint density at radius 1 is 1.08 bits per heavy atom. The fourth-order valence-electron chi connectivity index (χ4n) is 3.34. The third-order valence-electron chi connectivity index (χ3n) is 4.88. The molecule has 24 heavy (non-hydrogen) atoms. The molecule has 1 atom stereocenters. The number of halogens is 2. The molecule has 1 unspecified atom stereocenters. The SMILES string of the molecule is CC(OCC1(c2cccc(Cl)c2)CCNCC1)c1ccccc1.Cl. The molecule has 1 fully saturated rings. The molecule has 1 saturated heterocycles. The molecule has 0 bridgehead atoms. The van der Waals surface area contributed by atoms with E-state index in [2.05, 4.69) is 48.6 Å². The van der Waals surface area contributed by atoms with Gasteiger partial charge in [-0.25, -0.2) is 0 Å². The summed E-state index contributed by atoms with van der Waals surface area (Å²) in [5.41, 5.74) is 2.58. The highest BCUT2D eigenvalue weighted by Gasteiger charge is 2.35. The number of ether oxygens (including phenoxy) is 1. The number of piperidine rings is 1. The minimum Gasteiger partial charge on any atom is -0.373 e. The van der Waals surface area contributed by atoms with Gasteiger partial charge in [0.2, 0.25) is 0 Å². The number of hydrogen-bond donors (Lipinski definition) is 1. The summed E-state index contributed by atoms with van der Waals surface area (Å²) < 4.78 is 6.29. The second-order valence-corrected chi connectivity index (χ2v) is 6.84. The Kier molecular flexibility index (Phi) is 7.12. The van der Waals surface area contributed by atoms with Crippen molar-refractivity contribution in [3.05, 3.63) is 70.7 Å². The Hall–Kier alpha value is -1.06. The minimum absolute atomic E-state index is 0. The first kappa shape index (κ1) is 19.3. The van der Waals surface area contributed by atoms with E-state index >= 15 is 0 Å². The molecule has 2 aromatic carbocycles. The quantitative estimate of drug-likeness (QED) is 0.789. The molecular formula is C20H25Cl2NO. The molecular weight excluding hydrogens is 341 g/mol. The lowest BCUT2D eigenvalue weighted by atomic mass is 9.74. The molecule has 1 aliphatic heterocycles. The van der Waals surface area contributed by atoms with E-state index in [1.807, 2.05) is 18.2 Å².